The van der Waals surface area contributed by atoms with Crippen molar-refractivity contribution < 1.29 is 14.2 Å². The lowest BCUT2D eigenvalue weighted by Crippen LogP contribution is -2.05. The summed E-state index contributed by atoms with van der Waals surface area (Å²) in [6, 6.07) is 31.8. The minimum atomic E-state index is 0.399. The Balaban J connectivity index is 1.54. The van der Waals surface area contributed by atoms with E-state index in [4.69, 9.17) is 14.2 Å². The summed E-state index contributed by atoms with van der Waals surface area (Å²) >= 11 is 0. The number of nitrogens with zero attached hydrogens (tertiary/aromatic N) is 1. The van der Waals surface area contributed by atoms with Crippen molar-refractivity contribution in [3.05, 3.63) is 120 Å². The fraction of sp³-hybridized carbons (Fsp3) is 0.115. The van der Waals surface area contributed by atoms with Gasteiger partial charge in [-0.1, -0.05) is 91.0 Å². The molecule has 0 aliphatic rings. The summed E-state index contributed by atoms with van der Waals surface area (Å²) in [7, 11) is 0. The topological polar surface area (TPSA) is 40.6 Å². The molecule has 3 aromatic carbocycles. The number of hydrogen-bond donors (Lipinski definition) is 0. The number of aromatic nitrogens is 1. The SMILES string of the molecule is c1ccc(COc2ccnc(OCc3ccccc3)c2OCc2ccccc2)cc1. The van der Waals surface area contributed by atoms with Gasteiger partial charge in [-0.25, -0.2) is 4.98 Å². The van der Waals surface area contributed by atoms with Crippen LogP contribution in [0.1, 0.15) is 16.7 Å². The lowest BCUT2D eigenvalue weighted by Gasteiger charge is -2.16. The Morgan fingerprint density at radius 1 is 0.500 bits per heavy atom. The average Bonchev–Trinajstić information content (AvgIpc) is 2.82. The summed E-state index contributed by atoms with van der Waals surface area (Å²) in [4.78, 5) is 4.39. The standard InChI is InChI=1S/C26H23NO3/c1-4-10-21(11-5-1)18-28-24-16-17-27-26(30-20-23-14-8-3-9-15-23)25(24)29-19-22-12-6-2-7-13-22/h1-17H,18-20H2. The van der Waals surface area contributed by atoms with Gasteiger partial charge in [0.25, 0.3) is 5.88 Å². The molecule has 0 fully saturated rings. The summed E-state index contributed by atoms with van der Waals surface area (Å²) in [5.41, 5.74) is 3.20. The molecule has 0 unspecified atom stereocenters. The van der Waals surface area contributed by atoms with Crippen molar-refractivity contribution in [3.63, 3.8) is 0 Å². The van der Waals surface area contributed by atoms with Crippen LogP contribution in [0.5, 0.6) is 17.4 Å². The van der Waals surface area contributed by atoms with Gasteiger partial charge in [0.1, 0.15) is 19.8 Å². The summed E-state index contributed by atoms with van der Waals surface area (Å²) in [5.74, 6) is 1.53. The van der Waals surface area contributed by atoms with Gasteiger partial charge in [-0.05, 0) is 16.7 Å². The molecule has 0 amide bonds. The van der Waals surface area contributed by atoms with Crippen LogP contribution in [-0.2, 0) is 19.8 Å². The molecule has 0 saturated heterocycles. The van der Waals surface area contributed by atoms with E-state index in [2.05, 4.69) is 4.98 Å². The molecule has 150 valence electrons. The van der Waals surface area contributed by atoms with Gasteiger partial charge in [0.05, 0.1) is 0 Å². The average molecular weight is 397 g/mol. The van der Waals surface area contributed by atoms with E-state index >= 15 is 0 Å². The molecule has 0 saturated carbocycles. The number of benzene rings is 3. The second-order valence-corrected chi connectivity index (χ2v) is 6.77. The van der Waals surface area contributed by atoms with E-state index in [0.717, 1.165) is 16.7 Å². The summed E-state index contributed by atoms with van der Waals surface area (Å²) in [6.07, 6.45) is 1.68. The Kier molecular flexibility index (Phi) is 6.59. The lowest BCUT2D eigenvalue weighted by molar-refractivity contribution is 0.223. The third kappa shape index (κ3) is 5.39. The number of hydrogen-bond acceptors (Lipinski definition) is 4. The van der Waals surface area contributed by atoms with E-state index in [1.807, 2.05) is 91.0 Å². The Bertz CT molecular complexity index is 976. The van der Waals surface area contributed by atoms with E-state index in [-0.39, 0.29) is 0 Å². The molecule has 0 N–H and O–H groups in total. The second kappa shape index (κ2) is 10.1. The zero-order valence-corrected chi connectivity index (χ0v) is 16.6. The third-order valence-electron chi connectivity index (χ3n) is 4.52. The highest BCUT2D eigenvalue weighted by Gasteiger charge is 2.15. The Morgan fingerprint density at radius 3 is 1.50 bits per heavy atom. The zero-order valence-electron chi connectivity index (χ0n) is 16.6. The van der Waals surface area contributed by atoms with Gasteiger partial charge < -0.3 is 14.2 Å². The Hall–Kier alpha value is -3.79. The number of rotatable bonds is 9. The van der Waals surface area contributed by atoms with Gasteiger partial charge in [0.15, 0.2) is 5.75 Å². The molecule has 0 bridgehead atoms. The van der Waals surface area contributed by atoms with Gasteiger partial charge in [-0.3, -0.25) is 0 Å². The molecule has 0 atom stereocenters. The van der Waals surface area contributed by atoms with Crippen LogP contribution in [0.15, 0.2) is 103 Å². The maximum atomic E-state index is 6.12. The van der Waals surface area contributed by atoms with E-state index in [9.17, 15) is 0 Å². The first-order valence-corrected chi connectivity index (χ1v) is 9.87. The molecular formula is C26H23NO3. The van der Waals surface area contributed by atoms with Crippen LogP contribution < -0.4 is 14.2 Å². The van der Waals surface area contributed by atoms with Crippen LogP contribution in [0, 0.1) is 0 Å². The van der Waals surface area contributed by atoms with E-state index in [0.29, 0.717) is 37.2 Å². The molecule has 4 nitrogen and oxygen atoms in total. The Morgan fingerprint density at radius 2 is 0.967 bits per heavy atom. The monoisotopic (exact) mass is 397 g/mol. The zero-order chi connectivity index (χ0) is 20.4. The Labute approximate surface area is 176 Å². The highest BCUT2D eigenvalue weighted by molar-refractivity contribution is 5.47. The first kappa shape index (κ1) is 19.5. The van der Waals surface area contributed by atoms with E-state index in [1.165, 1.54) is 0 Å². The highest BCUT2D eigenvalue weighted by Crippen LogP contribution is 2.36. The van der Waals surface area contributed by atoms with Crippen molar-refractivity contribution >= 4 is 0 Å². The maximum Gasteiger partial charge on any atom is 0.261 e. The molecule has 30 heavy (non-hydrogen) atoms. The van der Waals surface area contributed by atoms with Crippen molar-refractivity contribution in [2.45, 2.75) is 19.8 Å². The maximum absolute atomic E-state index is 6.12. The second-order valence-electron chi connectivity index (χ2n) is 6.77. The quantitative estimate of drug-likeness (QED) is 0.357. The van der Waals surface area contributed by atoms with Gasteiger partial charge in [-0.2, -0.15) is 0 Å². The molecule has 4 aromatic rings. The number of pyridine rings is 1. The van der Waals surface area contributed by atoms with Crippen molar-refractivity contribution in [2.75, 3.05) is 0 Å². The van der Waals surface area contributed by atoms with Crippen molar-refractivity contribution in [2.24, 2.45) is 0 Å². The predicted octanol–water partition coefficient (Wildman–Crippen LogP) is 5.82. The van der Waals surface area contributed by atoms with Crippen LogP contribution in [0.25, 0.3) is 0 Å². The molecule has 4 heteroatoms. The minimum absolute atomic E-state index is 0.399. The van der Waals surface area contributed by atoms with Crippen LogP contribution >= 0.6 is 0 Å². The predicted molar refractivity (Wildman–Crippen MR) is 117 cm³/mol. The fourth-order valence-corrected chi connectivity index (χ4v) is 2.95. The molecule has 1 aromatic heterocycles. The first-order valence-electron chi connectivity index (χ1n) is 9.87. The fourth-order valence-electron chi connectivity index (χ4n) is 2.95. The molecule has 0 aliphatic heterocycles. The lowest BCUT2D eigenvalue weighted by atomic mass is 10.2. The highest BCUT2D eigenvalue weighted by atomic mass is 16.5. The molecule has 1 heterocycles. The summed E-state index contributed by atoms with van der Waals surface area (Å²) < 4.78 is 18.2. The van der Waals surface area contributed by atoms with Crippen LogP contribution in [0.4, 0.5) is 0 Å². The van der Waals surface area contributed by atoms with E-state index in [1.54, 1.807) is 12.3 Å². The third-order valence-corrected chi connectivity index (χ3v) is 4.52. The molecule has 4 rings (SSSR count). The van der Waals surface area contributed by atoms with Crippen LogP contribution in [-0.4, -0.2) is 4.98 Å². The van der Waals surface area contributed by atoms with Gasteiger partial charge >= 0.3 is 0 Å². The van der Waals surface area contributed by atoms with E-state index < -0.39 is 0 Å². The van der Waals surface area contributed by atoms with Crippen LogP contribution in [0.3, 0.4) is 0 Å². The number of ether oxygens (including phenoxy) is 3. The largest absolute Gasteiger partial charge is 0.485 e. The van der Waals surface area contributed by atoms with Gasteiger partial charge in [0.2, 0.25) is 5.75 Å². The summed E-state index contributed by atoms with van der Waals surface area (Å²) in [6.45, 7) is 1.23. The van der Waals surface area contributed by atoms with Crippen molar-refractivity contribution in [1.82, 2.24) is 4.98 Å². The molecule has 0 aliphatic carbocycles. The van der Waals surface area contributed by atoms with Crippen molar-refractivity contribution in [3.8, 4) is 17.4 Å². The molecule has 0 radical (unpaired) electrons. The summed E-state index contributed by atoms with van der Waals surface area (Å²) in [5, 5.41) is 0. The molecule has 0 spiro atoms. The molecular weight excluding hydrogens is 374 g/mol. The van der Waals surface area contributed by atoms with Gasteiger partial charge in [-0.15, -0.1) is 0 Å². The minimum Gasteiger partial charge on any atom is -0.485 e. The first-order chi connectivity index (χ1) is 14.9. The van der Waals surface area contributed by atoms with Gasteiger partial charge in [0, 0.05) is 12.3 Å². The van der Waals surface area contributed by atoms with Crippen LogP contribution in [0.2, 0.25) is 0 Å². The normalized spacial score (nSPS) is 10.4. The smallest absolute Gasteiger partial charge is 0.261 e. The van der Waals surface area contributed by atoms with Crippen molar-refractivity contribution in [1.29, 1.82) is 0 Å².